The number of benzene rings is 1. The molecule has 0 aliphatic heterocycles. The lowest BCUT2D eigenvalue weighted by Crippen LogP contribution is -2.26. The molecule has 0 saturated carbocycles. The monoisotopic (exact) mass is 223 g/mol. The second-order valence-electron chi connectivity index (χ2n) is 4.43. The number of aryl methyl sites for hydroxylation is 1. The van der Waals surface area contributed by atoms with Crippen LogP contribution in [0.3, 0.4) is 0 Å². The van der Waals surface area contributed by atoms with Crippen molar-refractivity contribution in [1.82, 2.24) is 5.32 Å². The van der Waals surface area contributed by atoms with Gasteiger partial charge in [-0.1, -0.05) is 39.3 Å². The van der Waals surface area contributed by atoms with E-state index in [4.69, 9.17) is 0 Å². The fraction of sp³-hybridized carbons (Fsp3) is 0.571. The lowest BCUT2D eigenvalue weighted by atomic mass is 9.91. The summed E-state index contributed by atoms with van der Waals surface area (Å²) in [6, 6.07) is 5.74. The van der Waals surface area contributed by atoms with Crippen molar-refractivity contribution >= 4 is 0 Å². The van der Waals surface area contributed by atoms with Gasteiger partial charge < -0.3 is 5.32 Å². The molecule has 0 radical (unpaired) electrons. The molecule has 90 valence electrons. The maximum Gasteiger partial charge on any atom is 0.126 e. The average Bonchev–Trinajstić information content (AvgIpc) is 2.29. The van der Waals surface area contributed by atoms with Crippen molar-refractivity contribution < 1.29 is 4.39 Å². The molecule has 2 unspecified atom stereocenters. The highest BCUT2D eigenvalue weighted by Crippen LogP contribution is 2.25. The van der Waals surface area contributed by atoms with E-state index >= 15 is 0 Å². The van der Waals surface area contributed by atoms with Crippen LogP contribution in [0.5, 0.6) is 0 Å². The summed E-state index contributed by atoms with van der Waals surface area (Å²) in [6.07, 6.45) is 1.12. The Hall–Kier alpha value is -0.890. The normalized spacial score (nSPS) is 14.8. The largest absolute Gasteiger partial charge is 0.310 e. The van der Waals surface area contributed by atoms with Crippen molar-refractivity contribution in [3.8, 4) is 0 Å². The van der Waals surface area contributed by atoms with E-state index in [0.29, 0.717) is 12.0 Å². The van der Waals surface area contributed by atoms with Gasteiger partial charge in [-0.2, -0.15) is 0 Å². The van der Waals surface area contributed by atoms with Crippen LogP contribution in [0, 0.1) is 18.7 Å². The molecule has 0 aliphatic carbocycles. The first kappa shape index (κ1) is 13.2. The molecule has 1 aromatic carbocycles. The Labute approximate surface area is 98.1 Å². The first-order valence-corrected chi connectivity index (χ1v) is 6.09. The van der Waals surface area contributed by atoms with Crippen LogP contribution in [0.1, 0.15) is 44.4 Å². The van der Waals surface area contributed by atoms with E-state index in [0.717, 1.165) is 18.5 Å². The van der Waals surface area contributed by atoms with E-state index < -0.39 is 0 Å². The third kappa shape index (κ3) is 3.05. The van der Waals surface area contributed by atoms with Gasteiger partial charge in [0, 0.05) is 6.04 Å². The van der Waals surface area contributed by atoms with Crippen molar-refractivity contribution in [3.05, 3.63) is 35.1 Å². The molecule has 0 saturated heterocycles. The third-order valence-corrected chi connectivity index (χ3v) is 3.18. The molecule has 1 rings (SSSR count). The highest BCUT2D eigenvalue weighted by molar-refractivity contribution is 5.26. The van der Waals surface area contributed by atoms with Gasteiger partial charge in [-0.25, -0.2) is 4.39 Å². The lowest BCUT2D eigenvalue weighted by molar-refractivity contribution is 0.383. The SMILES string of the molecule is CCNC(c1ccc(F)c(C)c1)C(C)CC. The molecule has 2 atom stereocenters. The molecular weight excluding hydrogens is 201 g/mol. The molecule has 16 heavy (non-hydrogen) atoms. The number of halogens is 1. The fourth-order valence-electron chi connectivity index (χ4n) is 1.96. The first-order valence-electron chi connectivity index (χ1n) is 6.09. The highest BCUT2D eigenvalue weighted by Gasteiger charge is 2.17. The number of rotatable bonds is 5. The zero-order valence-corrected chi connectivity index (χ0v) is 10.7. The van der Waals surface area contributed by atoms with Crippen LogP contribution >= 0.6 is 0 Å². The lowest BCUT2D eigenvalue weighted by Gasteiger charge is -2.24. The van der Waals surface area contributed by atoms with Crippen molar-refractivity contribution in [2.45, 2.75) is 40.2 Å². The van der Waals surface area contributed by atoms with E-state index in [1.807, 2.05) is 19.1 Å². The minimum Gasteiger partial charge on any atom is -0.310 e. The molecule has 1 nitrogen and oxygen atoms in total. The standard InChI is InChI=1S/C14H22FN/c1-5-10(3)14(16-6-2)12-7-8-13(15)11(4)9-12/h7-10,14,16H,5-6H2,1-4H3. The zero-order chi connectivity index (χ0) is 12.1. The highest BCUT2D eigenvalue weighted by atomic mass is 19.1. The molecular formula is C14H22FN. The Morgan fingerprint density at radius 3 is 2.50 bits per heavy atom. The predicted molar refractivity (Wildman–Crippen MR) is 67.0 cm³/mol. The van der Waals surface area contributed by atoms with Crippen molar-refractivity contribution in [2.75, 3.05) is 6.54 Å². The second kappa shape index (κ2) is 6.00. The van der Waals surface area contributed by atoms with Crippen LogP contribution in [-0.4, -0.2) is 6.54 Å². The quantitative estimate of drug-likeness (QED) is 0.800. The van der Waals surface area contributed by atoms with E-state index in [-0.39, 0.29) is 5.82 Å². The Morgan fingerprint density at radius 2 is 2.00 bits per heavy atom. The van der Waals surface area contributed by atoms with E-state index in [9.17, 15) is 4.39 Å². The molecule has 1 N–H and O–H groups in total. The Kier molecular flexibility index (Phi) is 4.94. The molecule has 0 aromatic heterocycles. The van der Waals surface area contributed by atoms with Gasteiger partial charge in [-0.3, -0.25) is 0 Å². The molecule has 0 bridgehead atoms. The molecule has 0 amide bonds. The van der Waals surface area contributed by atoms with Crippen LogP contribution in [0.15, 0.2) is 18.2 Å². The van der Waals surface area contributed by atoms with Crippen molar-refractivity contribution in [3.63, 3.8) is 0 Å². The molecule has 0 aliphatic rings. The second-order valence-corrected chi connectivity index (χ2v) is 4.43. The van der Waals surface area contributed by atoms with E-state index in [2.05, 4.69) is 26.1 Å². The molecule has 0 spiro atoms. The smallest absolute Gasteiger partial charge is 0.126 e. The van der Waals surface area contributed by atoms with Gasteiger partial charge in [0.05, 0.1) is 0 Å². The van der Waals surface area contributed by atoms with Gasteiger partial charge in [0.1, 0.15) is 5.82 Å². The van der Waals surface area contributed by atoms with Crippen molar-refractivity contribution in [2.24, 2.45) is 5.92 Å². The molecule has 0 heterocycles. The van der Waals surface area contributed by atoms with Gasteiger partial charge in [0.25, 0.3) is 0 Å². The van der Waals surface area contributed by atoms with Crippen LogP contribution in [0.2, 0.25) is 0 Å². The average molecular weight is 223 g/mol. The molecule has 1 aromatic rings. The predicted octanol–water partition coefficient (Wildman–Crippen LogP) is 3.83. The number of hydrogen-bond donors (Lipinski definition) is 1. The Bertz CT molecular complexity index is 336. The Balaban J connectivity index is 2.96. The van der Waals surface area contributed by atoms with Gasteiger partial charge >= 0.3 is 0 Å². The van der Waals surface area contributed by atoms with E-state index in [1.165, 1.54) is 5.56 Å². The maximum atomic E-state index is 13.2. The van der Waals surface area contributed by atoms with E-state index in [1.54, 1.807) is 6.07 Å². The van der Waals surface area contributed by atoms with Gasteiger partial charge in [0.2, 0.25) is 0 Å². The summed E-state index contributed by atoms with van der Waals surface area (Å²) in [5.41, 5.74) is 1.92. The minimum absolute atomic E-state index is 0.122. The first-order chi connectivity index (χ1) is 7.60. The maximum absolute atomic E-state index is 13.2. The van der Waals surface area contributed by atoms with Gasteiger partial charge in [0.15, 0.2) is 0 Å². The zero-order valence-electron chi connectivity index (χ0n) is 10.7. The topological polar surface area (TPSA) is 12.0 Å². The van der Waals surface area contributed by atoms with Gasteiger partial charge in [-0.15, -0.1) is 0 Å². The fourth-order valence-corrected chi connectivity index (χ4v) is 1.96. The molecule has 0 fully saturated rings. The Morgan fingerprint density at radius 1 is 1.31 bits per heavy atom. The molecule has 2 heteroatoms. The van der Waals surface area contributed by atoms with Crippen molar-refractivity contribution in [1.29, 1.82) is 0 Å². The summed E-state index contributed by atoms with van der Waals surface area (Å²) in [4.78, 5) is 0. The van der Waals surface area contributed by atoms with Crippen LogP contribution in [0.4, 0.5) is 4.39 Å². The third-order valence-electron chi connectivity index (χ3n) is 3.18. The summed E-state index contributed by atoms with van der Waals surface area (Å²) in [5.74, 6) is 0.438. The van der Waals surface area contributed by atoms with Gasteiger partial charge in [-0.05, 0) is 36.6 Å². The minimum atomic E-state index is -0.122. The summed E-state index contributed by atoms with van der Waals surface area (Å²) >= 11 is 0. The summed E-state index contributed by atoms with van der Waals surface area (Å²) < 4.78 is 13.2. The van der Waals surface area contributed by atoms with Crippen LogP contribution in [0.25, 0.3) is 0 Å². The number of nitrogens with one attached hydrogen (secondary N) is 1. The van der Waals surface area contributed by atoms with Crippen LogP contribution in [-0.2, 0) is 0 Å². The summed E-state index contributed by atoms with van der Waals surface area (Å²) in [7, 11) is 0. The summed E-state index contributed by atoms with van der Waals surface area (Å²) in [6.45, 7) is 9.27. The number of hydrogen-bond acceptors (Lipinski definition) is 1. The summed E-state index contributed by atoms with van der Waals surface area (Å²) in [5, 5.41) is 3.47. The van der Waals surface area contributed by atoms with Crippen LogP contribution < -0.4 is 5.32 Å².